The summed E-state index contributed by atoms with van der Waals surface area (Å²) in [5.74, 6) is -0.511. The Kier molecular flexibility index (Phi) is 9.26. The van der Waals surface area contributed by atoms with Crippen LogP contribution in [0.3, 0.4) is 0 Å². The lowest BCUT2D eigenvalue weighted by molar-refractivity contribution is -0.169. The van der Waals surface area contributed by atoms with E-state index in [0.717, 1.165) is 38.5 Å². The molecular weight excluding hydrogens is 440 g/mol. The van der Waals surface area contributed by atoms with Gasteiger partial charge in [-0.25, -0.2) is 0 Å². The standard InChI is InChI=1S/C30H48O5/c1-16(2)22-11-9-18(5)13-25(22)34-29(32)27-20(7)15-24(31)28(21(27)8)30(33)35-26-14-19(6)10-12-23(26)17(3)4/h15-19,21-23,25-28H,9-14H2,1-8H3/t18-,19+,21+,22-,23+,25+,26+,27+,28+/m0/s1. The molecule has 0 aromatic heterocycles. The van der Waals surface area contributed by atoms with Gasteiger partial charge in [0, 0.05) is 0 Å². The molecule has 5 nitrogen and oxygen atoms in total. The topological polar surface area (TPSA) is 69.7 Å². The van der Waals surface area contributed by atoms with Crippen molar-refractivity contribution in [2.75, 3.05) is 0 Å². The summed E-state index contributed by atoms with van der Waals surface area (Å²) in [4.78, 5) is 39.9. The first kappa shape index (κ1) is 27.9. The molecule has 3 rings (SSSR count). The van der Waals surface area contributed by atoms with Crippen LogP contribution in [0.4, 0.5) is 0 Å². The molecule has 3 aliphatic rings. The van der Waals surface area contributed by atoms with Crippen LogP contribution in [0, 0.1) is 53.3 Å². The third-order valence-electron chi connectivity index (χ3n) is 9.18. The van der Waals surface area contributed by atoms with Crippen LogP contribution in [0.5, 0.6) is 0 Å². The largest absolute Gasteiger partial charge is 0.462 e. The molecule has 5 heteroatoms. The number of ketones is 1. The zero-order valence-corrected chi connectivity index (χ0v) is 23.2. The molecule has 0 bridgehead atoms. The Morgan fingerprint density at radius 1 is 0.771 bits per heavy atom. The lowest BCUT2D eigenvalue weighted by Gasteiger charge is -2.40. The van der Waals surface area contributed by atoms with Crippen molar-refractivity contribution in [2.45, 2.75) is 106 Å². The van der Waals surface area contributed by atoms with E-state index < -0.39 is 23.7 Å². The Labute approximate surface area is 212 Å². The molecule has 9 atom stereocenters. The highest BCUT2D eigenvalue weighted by Crippen LogP contribution is 2.40. The number of allylic oxidation sites excluding steroid dienone is 1. The number of esters is 2. The van der Waals surface area contributed by atoms with Crippen molar-refractivity contribution in [1.82, 2.24) is 0 Å². The van der Waals surface area contributed by atoms with Crippen molar-refractivity contribution >= 4 is 17.7 Å². The van der Waals surface area contributed by atoms with Crippen molar-refractivity contribution in [3.8, 4) is 0 Å². The molecule has 2 fully saturated rings. The summed E-state index contributed by atoms with van der Waals surface area (Å²) >= 11 is 0. The second-order valence-corrected chi connectivity index (χ2v) is 12.7. The minimum atomic E-state index is -0.951. The molecule has 0 aliphatic heterocycles. The molecule has 35 heavy (non-hydrogen) atoms. The zero-order chi connectivity index (χ0) is 26.0. The van der Waals surface area contributed by atoms with Crippen LogP contribution in [0.2, 0.25) is 0 Å². The summed E-state index contributed by atoms with van der Waals surface area (Å²) in [5.41, 5.74) is 0.688. The summed E-state index contributed by atoms with van der Waals surface area (Å²) in [5, 5.41) is 0. The molecule has 0 saturated heterocycles. The molecular formula is C30H48O5. The number of ether oxygens (including phenoxy) is 2. The smallest absolute Gasteiger partial charge is 0.317 e. The van der Waals surface area contributed by atoms with Crippen molar-refractivity contribution < 1.29 is 23.9 Å². The van der Waals surface area contributed by atoms with Gasteiger partial charge in [0.2, 0.25) is 0 Å². The van der Waals surface area contributed by atoms with E-state index in [1.54, 1.807) is 0 Å². The van der Waals surface area contributed by atoms with Crippen LogP contribution in [-0.4, -0.2) is 29.9 Å². The van der Waals surface area contributed by atoms with Crippen molar-refractivity contribution in [2.24, 2.45) is 53.3 Å². The summed E-state index contributed by atoms with van der Waals surface area (Å²) in [6.07, 6.45) is 7.32. The maximum atomic E-state index is 13.5. The maximum Gasteiger partial charge on any atom is 0.317 e. The van der Waals surface area contributed by atoms with Gasteiger partial charge in [-0.1, -0.05) is 66.9 Å². The second kappa shape index (κ2) is 11.6. The Hall–Kier alpha value is -1.65. The molecule has 0 amide bonds. The number of carbonyl (C=O) groups excluding carboxylic acids is 3. The highest BCUT2D eigenvalue weighted by molar-refractivity contribution is 6.07. The Balaban J connectivity index is 1.75. The second-order valence-electron chi connectivity index (χ2n) is 12.7. The molecule has 0 aromatic rings. The van der Waals surface area contributed by atoms with Crippen molar-refractivity contribution in [3.63, 3.8) is 0 Å². The number of carbonyl (C=O) groups is 3. The van der Waals surface area contributed by atoms with Crippen LogP contribution in [0.15, 0.2) is 11.6 Å². The SMILES string of the molecule is CC1=CC(=O)[C@H](C(=O)O[C@@H]2C[C@H](C)CC[C@@H]2C(C)C)[C@H](C)[C@@H]1C(=O)O[C@@H]1C[C@@H](C)CC[C@H]1C(C)C. The maximum absolute atomic E-state index is 13.5. The van der Waals surface area contributed by atoms with E-state index >= 15 is 0 Å². The highest BCUT2D eigenvalue weighted by Gasteiger charge is 2.47. The third-order valence-corrected chi connectivity index (χ3v) is 9.18. The van der Waals surface area contributed by atoms with Gasteiger partial charge in [0.1, 0.15) is 18.1 Å². The van der Waals surface area contributed by atoms with E-state index in [9.17, 15) is 14.4 Å². The van der Waals surface area contributed by atoms with E-state index in [1.807, 2.05) is 13.8 Å². The molecule has 0 radical (unpaired) electrons. The first-order valence-corrected chi connectivity index (χ1v) is 14.0. The minimum absolute atomic E-state index is 0.107. The van der Waals surface area contributed by atoms with Gasteiger partial charge in [0.25, 0.3) is 0 Å². The van der Waals surface area contributed by atoms with Gasteiger partial charge < -0.3 is 9.47 Å². The Bertz CT molecular complexity index is 812. The van der Waals surface area contributed by atoms with E-state index in [4.69, 9.17) is 9.47 Å². The monoisotopic (exact) mass is 488 g/mol. The lowest BCUT2D eigenvalue weighted by atomic mass is 9.71. The number of rotatable bonds is 6. The molecule has 0 heterocycles. The van der Waals surface area contributed by atoms with Crippen molar-refractivity contribution in [3.05, 3.63) is 11.6 Å². The molecule has 0 N–H and O–H groups in total. The summed E-state index contributed by atoms with van der Waals surface area (Å²) in [7, 11) is 0. The van der Waals surface area contributed by atoms with E-state index in [1.165, 1.54) is 6.08 Å². The van der Waals surface area contributed by atoms with Gasteiger partial charge in [-0.2, -0.15) is 0 Å². The first-order valence-electron chi connectivity index (χ1n) is 14.0. The van der Waals surface area contributed by atoms with Gasteiger partial charge in [0.15, 0.2) is 5.78 Å². The fraction of sp³-hybridized carbons (Fsp3) is 0.833. The van der Waals surface area contributed by atoms with Gasteiger partial charge in [-0.05, 0) is 80.1 Å². The van der Waals surface area contributed by atoms with Crippen molar-refractivity contribution in [1.29, 1.82) is 0 Å². The van der Waals surface area contributed by atoms with E-state index in [0.29, 0.717) is 41.1 Å². The fourth-order valence-corrected chi connectivity index (χ4v) is 6.95. The lowest BCUT2D eigenvalue weighted by Crippen LogP contribution is -2.46. The summed E-state index contributed by atoms with van der Waals surface area (Å²) in [6, 6.07) is 0. The normalized spacial score (nSPS) is 38.3. The fourth-order valence-electron chi connectivity index (χ4n) is 6.95. The Morgan fingerprint density at radius 3 is 1.63 bits per heavy atom. The molecule has 0 aromatic carbocycles. The average molecular weight is 489 g/mol. The summed E-state index contributed by atoms with van der Waals surface area (Å²) < 4.78 is 12.2. The van der Waals surface area contributed by atoms with Crippen LogP contribution in [0.1, 0.15) is 93.9 Å². The predicted molar refractivity (Wildman–Crippen MR) is 137 cm³/mol. The Morgan fingerprint density at radius 2 is 1.20 bits per heavy atom. The average Bonchev–Trinajstić information content (AvgIpc) is 2.72. The highest BCUT2D eigenvalue weighted by atomic mass is 16.5. The van der Waals surface area contributed by atoms with Gasteiger partial charge in [-0.3, -0.25) is 14.4 Å². The van der Waals surface area contributed by atoms with Gasteiger partial charge in [0.05, 0.1) is 5.92 Å². The van der Waals surface area contributed by atoms with Crippen LogP contribution in [0.25, 0.3) is 0 Å². The molecule has 0 unspecified atom stereocenters. The van der Waals surface area contributed by atoms with Gasteiger partial charge >= 0.3 is 11.9 Å². The minimum Gasteiger partial charge on any atom is -0.462 e. The van der Waals surface area contributed by atoms with E-state index in [-0.39, 0.29) is 24.0 Å². The molecule has 198 valence electrons. The number of hydrogen-bond acceptors (Lipinski definition) is 5. The zero-order valence-electron chi connectivity index (χ0n) is 23.2. The predicted octanol–water partition coefficient (Wildman–Crippen LogP) is 6.39. The quantitative estimate of drug-likeness (QED) is 0.320. The molecule has 2 saturated carbocycles. The van der Waals surface area contributed by atoms with E-state index in [2.05, 4.69) is 41.5 Å². The van der Waals surface area contributed by atoms with Crippen LogP contribution in [-0.2, 0) is 23.9 Å². The van der Waals surface area contributed by atoms with Crippen LogP contribution < -0.4 is 0 Å². The summed E-state index contributed by atoms with van der Waals surface area (Å²) in [6.45, 7) is 16.8. The third kappa shape index (κ3) is 6.38. The van der Waals surface area contributed by atoms with Crippen LogP contribution >= 0.6 is 0 Å². The van der Waals surface area contributed by atoms with Gasteiger partial charge in [-0.15, -0.1) is 0 Å². The first-order chi connectivity index (χ1) is 16.4. The number of hydrogen-bond donors (Lipinski definition) is 0. The molecule has 3 aliphatic carbocycles. The molecule has 0 spiro atoms.